The molecule has 0 spiro atoms. The molecule has 2 aliphatic heterocycles. The molecule has 1 amide bonds. The SMILES string of the molecule is Cc1ccc(-c2c[nH]c(/C(=C\C=N)N3CC4CCC(C3)N4C(=O)C3CC3)c2)nn1. The minimum absolute atomic E-state index is 0.280. The maximum Gasteiger partial charge on any atom is 0.226 e. The van der Waals surface area contributed by atoms with Gasteiger partial charge >= 0.3 is 0 Å². The Morgan fingerprint density at radius 3 is 2.55 bits per heavy atom. The fourth-order valence-corrected chi connectivity index (χ4v) is 4.69. The number of hydrogen-bond acceptors (Lipinski definition) is 5. The molecule has 7 nitrogen and oxygen atoms in total. The van der Waals surface area contributed by atoms with E-state index < -0.39 is 0 Å². The molecule has 4 heterocycles. The molecule has 29 heavy (non-hydrogen) atoms. The second kappa shape index (κ2) is 7.13. The van der Waals surface area contributed by atoms with Gasteiger partial charge in [0.2, 0.25) is 5.91 Å². The van der Waals surface area contributed by atoms with Gasteiger partial charge in [0.05, 0.1) is 22.8 Å². The first kappa shape index (κ1) is 18.1. The highest BCUT2D eigenvalue weighted by molar-refractivity contribution is 5.84. The van der Waals surface area contributed by atoms with Crippen LogP contribution in [0.25, 0.3) is 17.0 Å². The molecule has 1 saturated carbocycles. The summed E-state index contributed by atoms with van der Waals surface area (Å²) in [6.07, 6.45) is 9.39. The third-order valence-corrected chi connectivity index (χ3v) is 6.30. The Labute approximate surface area is 170 Å². The van der Waals surface area contributed by atoms with Gasteiger partial charge in [-0.05, 0) is 56.9 Å². The molecule has 2 aromatic rings. The van der Waals surface area contributed by atoms with E-state index in [1.54, 1.807) is 0 Å². The van der Waals surface area contributed by atoms with E-state index >= 15 is 0 Å². The van der Waals surface area contributed by atoms with Crippen LogP contribution in [-0.2, 0) is 4.79 Å². The molecular formula is C22H26N6O. The van der Waals surface area contributed by atoms with Gasteiger partial charge in [-0.15, -0.1) is 0 Å². The zero-order valence-corrected chi connectivity index (χ0v) is 16.6. The molecule has 0 aromatic carbocycles. The first-order valence-corrected chi connectivity index (χ1v) is 10.4. The number of piperazine rings is 1. The standard InChI is InChI=1S/C22H26N6O/c1-14-2-7-19(26-25-14)16-10-20(24-11-16)21(8-9-23)27-12-17-5-6-18(13-27)28(17)22(29)15-3-4-15/h2,7-11,15,17-18,23-24H,3-6,12-13H2,1H3/b21-8+,23-9?. The number of H-pyrrole nitrogens is 1. The van der Waals surface area contributed by atoms with Gasteiger partial charge in [-0.25, -0.2) is 0 Å². The molecule has 2 unspecified atom stereocenters. The highest BCUT2D eigenvalue weighted by atomic mass is 16.2. The zero-order valence-electron chi connectivity index (χ0n) is 16.6. The third-order valence-electron chi connectivity index (χ3n) is 6.30. The van der Waals surface area contributed by atoms with Crippen molar-refractivity contribution in [3.8, 4) is 11.3 Å². The fourth-order valence-electron chi connectivity index (χ4n) is 4.69. The van der Waals surface area contributed by atoms with Crippen molar-refractivity contribution in [3.63, 3.8) is 0 Å². The van der Waals surface area contributed by atoms with Crippen LogP contribution in [0.1, 0.15) is 37.1 Å². The predicted octanol–water partition coefficient (Wildman–Crippen LogP) is 2.86. The summed E-state index contributed by atoms with van der Waals surface area (Å²) in [5.74, 6) is 0.651. The summed E-state index contributed by atoms with van der Waals surface area (Å²) in [4.78, 5) is 20.6. The molecule has 2 N–H and O–H groups in total. The number of likely N-dealkylation sites (tertiary alicyclic amines) is 1. The van der Waals surface area contributed by atoms with E-state index in [4.69, 9.17) is 5.41 Å². The van der Waals surface area contributed by atoms with Crippen molar-refractivity contribution in [1.82, 2.24) is 25.0 Å². The Balaban J connectivity index is 1.38. The second-order valence-electron chi connectivity index (χ2n) is 8.39. The summed E-state index contributed by atoms with van der Waals surface area (Å²) < 4.78 is 0. The summed E-state index contributed by atoms with van der Waals surface area (Å²) >= 11 is 0. The smallest absolute Gasteiger partial charge is 0.226 e. The van der Waals surface area contributed by atoms with Crippen molar-refractivity contribution in [2.24, 2.45) is 5.92 Å². The highest BCUT2D eigenvalue weighted by Crippen LogP contribution is 2.39. The molecular weight excluding hydrogens is 364 g/mol. The molecule has 150 valence electrons. The monoisotopic (exact) mass is 390 g/mol. The second-order valence-corrected chi connectivity index (χ2v) is 8.39. The van der Waals surface area contributed by atoms with Gasteiger partial charge < -0.3 is 20.2 Å². The first-order chi connectivity index (χ1) is 14.1. The largest absolute Gasteiger partial charge is 0.366 e. The van der Waals surface area contributed by atoms with Crippen LogP contribution >= 0.6 is 0 Å². The number of aromatic amines is 1. The van der Waals surface area contributed by atoms with Crippen LogP contribution < -0.4 is 0 Å². The van der Waals surface area contributed by atoms with Crippen molar-refractivity contribution in [1.29, 1.82) is 5.41 Å². The number of allylic oxidation sites excluding steroid dienone is 1. The Kier molecular flexibility index (Phi) is 4.45. The van der Waals surface area contributed by atoms with Crippen LogP contribution in [0, 0.1) is 18.3 Å². The van der Waals surface area contributed by atoms with Gasteiger partial charge in [0, 0.05) is 49.1 Å². The Bertz CT molecular complexity index is 944. The predicted molar refractivity (Wildman–Crippen MR) is 111 cm³/mol. The summed E-state index contributed by atoms with van der Waals surface area (Å²) in [7, 11) is 0. The summed E-state index contributed by atoms with van der Waals surface area (Å²) in [6.45, 7) is 3.58. The normalized spacial score (nSPS) is 24.1. The Morgan fingerprint density at radius 1 is 1.17 bits per heavy atom. The number of carbonyl (C=O) groups excluding carboxylic acids is 1. The van der Waals surface area contributed by atoms with Gasteiger partial charge in [0.25, 0.3) is 0 Å². The molecule has 0 radical (unpaired) electrons. The molecule has 2 atom stereocenters. The van der Waals surface area contributed by atoms with Gasteiger partial charge in [-0.1, -0.05) is 0 Å². The summed E-state index contributed by atoms with van der Waals surface area (Å²) in [6, 6.07) is 6.56. The van der Waals surface area contributed by atoms with Gasteiger partial charge in [-0.2, -0.15) is 10.2 Å². The van der Waals surface area contributed by atoms with Crippen molar-refractivity contribution in [2.75, 3.05) is 13.1 Å². The number of hydrogen-bond donors (Lipinski definition) is 2. The lowest BCUT2D eigenvalue weighted by Crippen LogP contribution is -2.55. The van der Waals surface area contributed by atoms with Gasteiger partial charge in [0.1, 0.15) is 0 Å². The number of amides is 1. The van der Waals surface area contributed by atoms with Crippen molar-refractivity contribution >= 4 is 17.8 Å². The quantitative estimate of drug-likeness (QED) is 0.769. The highest BCUT2D eigenvalue weighted by Gasteiger charge is 2.46. The number of aryl methyl sites for hydroxylation is 1. The maximum atomic E-state index is 12.7. The first-order valence-electron chi connectivity index (χ1n) is 10.4. The van der Waals surface area contributed by atoms with E-state index in [2.05, 4.69) is 31.0 Å². The van der Waals surface area contributed by atoms with Gasteiger partial charge in [0.15, 0.2) is 0 Å². The fraction of sp³-hybridized carbons (Fsp3) is 0.455. The minimum Gasteiger partial charge on any atom is -0.366 e. The third kappa shape index (κ3) is 3.34. The van der Waals surface area contributed by atoms with Crippen LogP contribution in [0.4, 0.5) is 0 Å². The van der Waals surface area contributed by atoms with Crippen LogP contribution in [0.15, 0.2) is 30.5 Å². The molecule has 2 saturated heterocycles. The molecule has 7 heteroatoms. The van der Waals surface area contributed by atoms with Crippen LogP contribution in [0.2, 0.25) is 0 Å². The minimum atomic E-state index is 0.280. The Hall–Kier alpha value is -2.96. The summed E-state index contributed by atoms with van der Waals surface area (Å²) in [5.41, 5.74) is 4.66. The van der Waals surface area contributed by atoms with E-state index in [1.807, 2.05) is 31.3 Å². The van der Waals surface area contributed by atoms with E-state index in [-0.39, 0.29) is 18.0 Å². The Morgan fingerprint density at radius 2 is 1.93 bits per heavy atom. The zero-order chi connectivity index (χ0) is 20.0. The number of rotatable bonds is 5. The average Bonchev–Trinajstić information content (AvgIpc) is 3.41. The van der Waals surface area contributed by atoms with Crippen molar-refractivity contribution in [3.05, 3.63) is 41.9 Å². The molecule has 1 aliphatic carbocycles. The van der Waals surface area contributed by atoms with Crippen LogP contribution in [-0.4, -0.2) is 62.3 Å². The maximum absolute atomic E-state index is 12.7. The average molecular weight is 390 g/mol. The lowest BCUT2D eigenvalue weighted by atomic mass is 10.1. The lowest BCUT2D eigenvalue weighted by molar-refractivity contribution is -0.137. The van der Waals surface area contributed by atoms with E-state index in [0.29, 0.717) is 5.91 Å². The topological polar surface area (TPSA) is 89.0 Å². The number of aromatic nitrogens is 3. The molecule has 2 aromatic heterocycles. The van der Waals surface area contributed by atoms with Crippen molar-refractivity contribution < 1.29 is 4.79 Å². The summed E-state index contributed by atoms with van der Waals surface area (Å²) in [5, 5.41) is 16.1. The number of nitrogens with zero attached hydrogens (tertiary/aromatic N) is 4. The molecule has 5 rings (SSSR count). The number of nitrogens with one attached hydrogen (secondary N) is 2. The number of carbonyl (C=O) groups is 1. The van der Waals surface area contributed by atoms with Gasteiger partial charge in [-0.3, -0.25) is 4.79 Å². The molecule has 3 fully saturated rings. The van der Waals surface area contributed by atoms with Crippen LogP contribution in [0.3, 0.4) is 0 Å². The lowest BCUT2D eigenvalue weighted by Gasteiger charge is -2.43. The van der Waals surface area contributed by atoms with Crippen molar-refractivity contribution in [2.45, 2.75) is 44.7 Å². The molecule has 3 aliphatic rings. The van der Waals surface area contributed by atoms with E-state index in [1.165, 1.54) is 6.21 Å². The van der Waals surface area contributed by atoms with Crippen LogP contribution in [0.5, 0.6) is 0 Å². The van der Waals surface area contributed by atoms with E-state index in [9.17, 15) is 4.79 Å². The number of fused-ring (bicyclic) bond motifs is 2. The molecule has 2 bridgehead atoms. The van der Waals surface area contributed by atoms with E-state index in [0.717, 1.165) is 67.1 Å².